The summed E-state index contributed by atoms with van der Waals surface area (Å²) in [6.45, 7) is 14.1. The number of nitrogens with zero attached hydrogens (tertiary/aromatic N) is 2. The fraction of sp³-hybridized carbons (Fsp3) is 0.625. The molecule has 1 aliphatic heterocycles. The van der Waals surface area contributed by atoms with Crippen LogP contribution in [0.15, 0.2) is 22.8 Å². The standard InChI is InChI=1S/C24H36N2O3.ClH/c1-22(2,3)17-13-16(14-18(20(17)27)23(4,5)6)19-15-29-21(25-19)24(26(7)8)9-11-28-12-10-24;/h13-15,27H,9-12H2,1-8H3;1H. The summed E-state index contributed by atoms with van der Waals surface area (Å²) in [6, 6.07) is 4.11. The van der Waals surface area contributed by atoms with Gasteiger partial charge in [-0.2, -0.15) is 0 Å². The number of benzene rings is 1. The molecule has 1 aromatic carbocycles. The summed E-state index contributed by atoms with van der Waals surface area (Å²) in [7, 11) is 4.15. The first-order chi connectivity index (χ1) is 13.4. The summed E-state index contributed by atoms with van der Waals surface area (Å²) in [6.07, 6.45) is 3.47. The molecule has 0 unspecified atom stereocenters. The minimum Gasteiger partial charge on any atom is -0.507 e. The maximum atomic E-state index is 11.0. The third kappa shape index (κ3) is 4.53. The van der Waals surface area contributed by atoms with Crippen molar-refractivity contribution in [3.05, 3.63) is 35.4 Å². The van der Waals surface area contributed by atoms with Crippen molar-refractivity contribution in [1.82, 2.24) is 9.88 Å². The molecule has 1 fully saturated rings. The maximum absolute atomic E-state index is 11.0. The van der Waals surface area contributed by atoms with Gasteiger partial charge in [-0.1, -0.05) is 41.5 Å². The van der Waals surface area contributed by atoms with E-state index in [2.05, 4.69) is 72.7 Å². The summed E-state index contributed by atoms with van der Waals surface area (Å²) < 4.78 is 11.6. The maximum Gasteiger partial charge on any atom is 0.215 e. The van der Waals surface area contributed by atoms with Crippen molar-refractivity contribution in [2.45, 2.75) is 70.8 Å². The van der Waals surface area contributed by atoms with Crippen molar-refractivity contribution in [2.24, 2.45) is 0 Å². The van der Waals surface area contributed by atoms with Gasteiger partial charge in [-0.25, -0.2) is 4.98 Å². The second kappa shape index (κ2) is 8.52. The Morgan fingerprint density at radius 1 is 0.967 bits per heavy atom. The molecule has 0 amide bonds. The highest BCUT2D eigenvalue weighted by molar-refractivity contribution is 5.85. The molecular formula is C24H37ClN2O3. The van der Waals surface area contributed by atoms with E-state index in [0.29, 0.717) is 19.0 Å². The molecule has 3 rings (SSSR count). The van der Waals surface area contributed by atoms with Gasteiger partial charge in [-0.15, -0.1) is 12.4 Å². The number of aromatic nitrogens is 1. The summed E-state index contributed by atoms with van der Waals surface area (Å²) >= 11 is 0. The zero-order valence-corrected chi connectivity index (χ0v) is 20.4. The van der Waals surface area contributed by atoms with Crippen molar-refractivity contribution in [3.63, 3.8) is 0 Å². The molecule has 6 heteroatoms. The Balaban J connectivity index is 0.00000320. The van der Waals surface area contributed by atoms with Crippen molar-refractivity contribution in [2.75, 3.05) is 27.3 Å². The molecule has 30 heavy (non-hydrogen) atoms. The minimum absolute atomic E-state index is 0. The molecular weight excluding hydrogens is 400 g/mol. The number of ether oxygens (including phenoxy) is 1. The Kier molecular flexibility index (Phi) is 7.02. The number of hydrogen-bond donors (Lipinski definition) is 1. The molecule has 0 radical (unpaired) electrons. The average molecular weight is 437 g/mol. The van der Waals surface area contributed by atoms with Crippen LogP contribution in [-0.4, -0.2) is 42.3 Å². The molecule has 0 atom stereocenters. The van der Waals surface area contributed by atoms with Gasteiger partial charge >= 0.3 is 0 Å². The van der Waals surface area contributed by atoms with E-state index in [1.807, 2.05) is 0 Å². The summed E-state index contributed by atoms with van der Waals surface area (Å²) in [5.41, 5.74) is 3.04. The monoisotopic (exact) mass is 436 g/mol. The van der Waals surface area contributed by atoms with Crippen LogP contribution in [0.25, 0.3) is 11.3 Å². The molecule has 1 aromatic heterocycles. The predicted octanol–water partition coefficient (Wildman–Crippen LogP) is 5.63. The average Bonchev–Trinajstić information content (AvgIpc) is 3.11. The molecule has 1 saturated heterocycles. The third-order valence-corrected chi connectivity index (χ3v) is 6.10. The van der Waals surface area contributed by atoms with E-state index in [4.69, 9.17) is 14.1 Å². The van der Waals surface area contributed by atoms with Crippen LogP contribution in [-0.2, 0) is 21.1 Å². The lowest BCUT2D eigenvalue weighted by molar-refractivity contribution is -0.0245. The fourth-order valence-corrected chi connectivity index (χ4v) is 4.11. The normalized spacial score (nSPS) is 17.1. The Morgan fingerprint density at radius 2 is 1.47 bits per heavy atom. The molecule has 168 valence electrons. The number of phenolic OH excluding ortho intramolecular Hbond substituents is 1. The molecule has 5 nitrogen and oxygen atoms in total. The SMILES string of the molecule is CN(C)C1(c2nc(-c3cc(C(C)(C)C)c(O)c(C(C)(C)C)c3)co2)CCOCC1.Cl. The van der Waals surface area contributed by atoms with Gasteiger partial charge in [0.15, 0.2) is 0 Å². The number of rotatable bonds is 3. The topological polar surface area (TPSA) is 58.7 Å². The van der Waals surface area contributed by atoms with Crippen LogP contribution in [0, 0.1) is 0 Å². The van der Waals surface area contributed by atoms with Gasteiger partial charge in [-0.05, 0) is 49.9 Å². The van der Waals surface area contributed by atoms with Gasteiger partial charge in [0, 0.05) is 29.9 Å². The van der Waals surface area contributed by atoms with Crippen molar-refractivity contribution in [3.8, 4) is 17.0 Å². The molecule has 1 N–H and O–H groups in total. The van der Waals surface area contributed by atoms with E-state index in [1.54, 1.807) is 6.26 Å². The Labute approximate surface area is 187 Å². The number of halogens is 1. The van der Waals surface area contributed by atoms with Crippen LogP contribution >= 0.6 is 12.4 Å². The van der Waals surface area contributed by atoms with E-state index in [-0.39, 0.29) is 28.8 Å². The second-order valence-corrected chi connectivity index (χ2v) is 10.5. The van der Waals surface area contributed by atoms with Crippen LogP contribution in [0.1, 0.15) is 71.4 Å². The highest BCUT2D eigenvalue weighted by atomic mass is 35.5. The lowest BCUT2D eigenvalue weighted by Gasteiger charge is -2.39. The van der Waals surface area contributed by atoms with Crippen LogP contribution in [0.3, 0.4) is 0 Å². The highest BCUT2D eigenvalue weighted by Crippen LogP contribution is 2.43. The van der Waals surface area contributed by atoms with E-state index in [1.165, 1.54) is 0 Å². The van der Waals surface area contributed by atoms with Crippen LogP contribution in [0.2, 0.25) is 0 Å². The first-order valence-corrected chi connectivity index (χ1v) is 10.5. The highest BCUT2D eigenvalue weighted by Gasteiger charge is 2.41. The molecule has 2 heterocycles. The zero-order valence-electron chi connectivity index (χ0n) is 19.6. The molecule has 0 aliphatic carbocycles. The number of aromatic hydroxyl groups is 1. The first kappa shape index (κ1) is 24.7. The van der Waals surface area contributed by atoms with Gasteiger partial charge in [-0.3, -0.25) is 4.90 Å². The van der Waals surface area contributed by atoms with Gasteiger partial charge < -0.3 is 14.3 Å². The first-order valence-electron chi connectivity index (χ1n) is 10.5. The van der Waals surface area contributed by atoms with E-state index < -0.39 is 0 Å². The van der Waals surface area contributed by atoms with E-state index in [0.717, 1.165) is 41.1 Å². The van der Waals surface area contributed by atoms with E-state index in [9.17, 15) is 5.11 Å². The molecule has 2 aromatic rings. The number of phenols is 1. The summed E-state index contributed by atoms with van der Waals surface area (Å²) in [4.78, 5) is 7.13. The van der Waals surface area contributed by atoms with Crippen LogP contribution in [0.5, 0.6) is 5.75 Å². The van der Waals surface area contributed by atoms with Gasteiger partial charge in [0.2, 0.25) is 5.89 Å². The smallest absolute Gasteiger partial charge is 0.215 e. The Bertz CT molecular complexity index is 834. The largest absolute Gasteiger partial charge is 0.507 e. The number of hydrogen-bond acceptors (Lipinski definition) is 5. The van der Waals surface area contributed by atoms with Crippen molar-refractivity contribution >= 4 is 12.4 Å². The predicted molar refractivity (Wildman–Crippen MR) is 124 cm³/mol. The van der Waals surface area contributed by atoms with Crippen molar-refractivity contribution < 1.29 is 14.3 Å². The molecule has 0 spiro atoms. The zero-order chi connectivity index (χ0) is 21.6. The fourth-order valence-electron chi connectivity index (χ4n) is 4.11. The van der Waals surface area contributed by atoms with Crippen LogP contribution < -0.4 is 0 Å². The van der Waals surface area contributed by atoms with Gasteiger partial charge in [0.25, 0.3) is 0 Å². The Hall–Kier alpha value is -1.56. The van der Waals surface area contributed by atoms with Crippen molar-refractivity contribution in [1.29, 1.82) is 0 Å². The van der Waals surface area contributed by atoms with Gasteiger partial charge in [0.1, 0.15) is 23.2 Å². The lowest BCUT2D eigenvalue weighted by atomic mass is 9.78. The van der Waals surface area contributed by atoms with E-state index >= 15 is 0 Å². The van der Waals surface area contributed by atoms with Gasteiger partial charge in [0.05, 0.1) is 0 Å². The minimum atomic E-state index is -0.243. The lowest BCUT2D eigenvalue weighted by Crippen LogP contribution is -2.46. The molecule has 0 bridgehead atoms. The third-order valence-electron chi connectivity index (χ3n) is 6.10. The number of oxazole rings is 1. The second-order valence-electron chi connectivity index (χ2n) is 10.5. The summed E-state index contributed by atoms with van der Waals surface area (Å²) in [5.74, 6) is 1.12. The Morgan fingerprint density at radius 3 is 1.90 bits per heavy atom. The molecule has 0 saturated carbocycles. The summed E-state index contributed by atoms with van der Waals surface area (Å²) in [5, 5.41) is 11.0. The quantitative estimate of drug-likeness (QED) is 0.675. The van der Waals surface area contributed by atoms with Crippen LogP contribution in [0.4, 0.5) is 0 Å². The molecule has 1 aliphatic rings.